The molecule has 0 bridgehead atoms. The highest BCUT2D eigenvalue weighted by Crippen LogP contribution is 2.27. The fourth-order valence-electron chi connectivity index (χ4n) is 4.54. The Kier molecular flexibility index (Phi) is 10.8. The number of piperidine rings is 2. The van der Waals surface area contributed by atoms with Gasteiger partial charge in [-0.2, -0.15) is 0 Å². The molecular weight excluding hydrogens is 480 g/mol. The van der Waals surface area contributed by atoms with E-state index >= 15 is 0 Å². The number of hydrogen-bond acceptors (Lipinski definition) is 6. The minimum absolute atomic E-state index is 0.0536. The van der Waals surface area contributed by atoms with E-state index in [1.807, 2.05) is 58.0 Å². The smallest absolute Gasteiger partial charge is 0.410 e. The van der Waals surface area contributed by atoms with Crippen LogP contribution in [0, 0.1) is 23.7 Å². The molecule has 1 aromatic carbocycles. The molecule has 0 spiro atoms. The number of hydrogen-bond donors (Lipinski definition) is 2. The van der Waals surface area contributed by atoms with E-state index in [1.54, 1.807) is 11.8 Å². The number of carbonyl (C=O) groups excluding carboxylic acids is 2. The molecule has 3 rings (SSSR count). The zero-order chi connectivity index (χ0) is 27.8. The van der Waals surface area contributed by atoms with Crippen LogP contribution < -0.4 is 0 Å². The summed E-state index contributed by atoms with van der Waals surface area (Å²) >= 11 is 0. The van der Waals surface area contributed by atoms with Crippen LogP contribution in [-0.2, 0) is 25.7 Å². The standard InChI is InChI=1S/C19H27NO4.C8H13NO4/c1-14-12-20(11-10-16(14)17(21)24-19(2,3)4)18(22)23-13-15-8-6-5-7-9-15;1-5-4-9(8(12)13)3-2-6(5)7(10)11/h5-9,14,16H,10-13H2,1-4H3;5-6H,2-4H2,1H3,(H,10,11)(H,12,13)/t14-,16+;5-,6+/m11/s1. The van der Waals surface area contributed by atoms with Gasteiger partial charge in [-0.25, -0.2) is 9.59 Å². The van der Waals surface area contributed by atoms with Gasteiger partial charge in [-0.1, -0.05) is 44.2 Å². The molecule has 2 aliphatic heterocycles. The number of benzene rings is 1. The summed E-state index contributed by atoms with van der Waals surface area (Å²) in [5.41, 5.74) is 0.477. The lowest BCUT2D eigenvalue weighted by atomic mass is 9.87. The van der Waals surface area contributed by atoms with Crippen molar-refractivity contribution in [2.75, 3.05) is 26.2 Å². The minimum Gasteiger partial charge on any atom is -0.481 e. The number of amides is 2. The van der Waals surface area contributed by atoms with Gasteiger partial charge < -0.3 is 29.5 Å². The number of aliphatic carboxylic acids is 1. The molecule has 4 atom stereocenters. The van der Waals surface area contributed by atoms with Crippen LogP contribution in [-0.4, -0.2) is 75.9 Å². The van der Waals surface area contributed by atoms with Crippen molar-refractivity contribution in [1.29, 1.82) is 0 Å². The van der Waals surface area contributed by atoms with Crippen molar-refractivity contribution in [2.24, 2.45) is 23.7 Å². The lowest BCUT2D eigenvalue weighted by Gasteiger charge is -2.36. The van der Waals surface area contributed by atoms with Gasteiger partial charge in [0.05, 0.1) is 11.8 Å². The minimum atomic E-state index is -0.962. The largest absolute Gasteiger partial charge is 0.481 e. The van der Waals surface area contributed by atoms with E-state index in [4.69, 9.17) is 19.7 Å². The third-order valence-corrected chi connectivity index (χ3v) is 6.57. The Labute approximate surface area is 218 Å². The molecule has 10 heteroatoms. The second-order valence-electron chi connectivity index (χ2n) is 10.8. The topological polar surface area (TPSA) is 134 Å². The Morgan fingerprint density at radius 2 is 1.43 bits per heavy atom. The Morgan fingerprint density at radius 3 is 1.95 bits per heavy atom. The molecule has 2 heterocycles. The molecule has 10 nitrogen and oxygen atoms in total. The van der Waals surface area contributed by atoms with Gasteiger partial charge in [0.25, 0.3) is 0 Å². The molecular formula is C27H40N2O8. The first-order valence-corrected chi connectivity index (χ1v) is 12.7. The van der Waals surface area contributed by atoms with Crippen molar-refractivity contribution in [3.8, 4) is 0 Å². The maximum absolute atomic E-state index is 12.3. The predicted octanol–water partition coefficient (Wildman–Crippen LogP) is 4.33. The first kappa shape index (κ1) is 29.9. The summed E-state index contributed by atoms with van der Waals surface area (Å²) in [6.45, 7) is 11.3. The Balaban J connectivity index is 0.000000312. The van der Waals surface area contributed by atoms with Crippen LogP contribution in [0.4, 0.5) is 9.59 Å². The summed E-state index contributed by atoms with van der Waals surface area (Å²) in [4.78, 5) is 48.6. The van der Waals surface area contributed by atoms with Crippen molar-refractivity contribution in [3.05, 3.63) is 35.9 Å². The van der Waals surface area contributed by atoms with E-state index in [1.165, 1.54) is 4.90 Å². The Hall–Kier alpha value is -3.30. The second-order valence-corrected chi connectivity index (χ2v) is 10.8. The first-order valence-electron chi connectivity index (χ1n) is 12.7. The molecule has 206 valence electrons. The molecule has 37 heavy (non-hydrogen) atoms. The van der Waals surface area contributed by atoms with Crippen molar-refractivity contribution in [2.45, 2.75) is 59.7 Å². The van der Waals surface area contributed by atoms with E-state index in [9.17, 15) is 19.2 Å². The fourth-order valence-corrected chi connectivity index (χ4v) is 4.54. The monoisotopic (exact) mass is 520 g/mol. The van der Waals surface area contributed by atoms with Crippen LogP contribution in [0.15, 0.2) is 30.3 Å². The van der Waals surface area contributed by atoms with E-state index in [2.05, 4.69) is 0 Å². The number of carboxylic acids is 1. The normalized spacial score (nSPS) is 23.8. The van der Waals surface area contributed by atoms with E-state index in [0.717, 1.165) is 5.56 Å². The molecule has 0 unspecified atom stereocenters. The predicted molar refractivity (Wildman–Crippen MR) is 136 cm³/mol. The average molecular weight is 521 g/mol. The van der Waals surface area contributed by atoms with Gasteiger partial charge in [0.15, 0.2) is 0 Å². The van der Waals surface area contributed by atoms with Gasteiger partial charge in [0, 0.05) is 26.2 Å². The summed E-state index contributed by atoms with van der Waals surface area (Å²) < 4.78 is 10.8. The van der Waals surface area contributed by atoms with Gasteiger partial charge in [-0.05, 0) is 51.0 Å². The van der Waals surface area contributed by atoms with E-state index in [-0.39, 0.29) is 36.4 Å². The SMILES string of the molecule is C[C@@H]1CN(C(=O)O)CC[C@@H]1C(=O)O.C[C@@H]1CN(C(=O)OCc2ccccc2)CC[C@@H]1C(=O)OC(C)(C)C. The molecule has 2 saturated heterocycles. The molecule has 0 radical (unpaired) electrons. The quantitative estimate of drug-likeness (QED) is 0.561. The second kappa shape index (κ2) is 13.3. The molecule has 1 aromatic rings. The molecule has 2 aliphatic rings. The number of esters is 1. The molecule has 2 fully saturated rings. The highest BCUT2D eigenvalue weighted by molar-refractivity contribution is 5.74. The molecule has 0 aromatic heterocycles. The van der Waals surface area contributed by atoms with Crippen LogP contribution in [0.2, 0.25) is 0 Å². The van der Waals surface area contributed by atoms with Gasteiger partial charge in [0.1, 0.15) is 12.2 Å². The number of likely N-dealkylation sites (tertiary alicyclic amines) is 2. The van der Waals surface area contributed by atoms with Crippen molar-refractivity contribution in [3.63, 3.8) is 0 Å². The summed E-state index contributed by atoms with van der Waals surface area (Å²) in [7, 11) is 0. The van der Waals surface area contributed by atoms with Gasteiger partial charge >= 0.3 is 24.1 Å². The molecule has 2 N–H and O–H groups in total. The van der Waals surface area contributed by atoms with Gasteiger partial charge in [0.2, 0.25) is 0 Å². The van der Waals surface area contributed by atoms with E-state index < -0.39 is 23.6 Å². The van der Waals surface area contributed by atoms with Crippen LogP contribution in [0.25, 0.3) is 0 Å². The summed E-state index contributed by atoms with van der Waals surface area (Å²) in [6, 6.07) is 9.60. The summed E-state index contributed by atoms with van der Waals surface area (Å²) in [5, 5.41) is 17.4. The zero-order valence-electron chi connectivity index (χ0n) is 22.4. The highest BCUT2D eigenvalue weighted by Gasteiger charge is 2.36. The molecule has 0 aliphatic carbocycles. The van der Waals surface area contributed by atoms with Crippen LogP contribution in [0.5, 0.6) is 0 Å². The van der Waals surface area contributed by atoms with Crippen molar-refractivity contribution >= 4 is 24.1 Å². The van der Waals surface area contributed by atoms with Crippen LogP contribution in [0.3, 0.4) is 0 Å². The Bertz CT molecular complexity index is 930. The molecule has 0 saturated carbocycles. The van der Waals surface area contributed by atoms with Gasteiger partial charge in [-0.3, -0.25) is 9.59 Å². The van der Waals surface area contributed by atoms with Gasteiger partial charge in [-0.15, -0.1) is 0 Å². The lowest BCUT2D eigenvalue weighted by molar-refractivity contribution is -0.163. The van der Waals surface area contributed by atoms with Crippen LogP contribution in [0.1, 0.15) is 53.0 Å². The zero-order valence-corrected chi connectivity index (χ0v) is 22.4. The third-order valence-electron chi connectivity index (χ3n) is 6.57. The first-order chi connectivity index (χ1) is 17.3. The Morgan fingerprint density at radius 1 is 0.892 bits per heavy atom. The number of nitrogens with zero attached hydrogens (tertiary/aromatic N) is 2. The maximum atomic E-state index is 12.3. The third kappa shape index (κ3) is 9.59. The summed E-state index contributed by atoms with van der Waals surface area (Å²) in [6.07, 6.45) is -0.261. The number of ether oxygens (including phenoxy) is 2. The number of carbonyl (C=O) groups is 4. The molecule has 2 amide bonds. The highest BCUT2D eigenvalue weighted by atomic mass is 16.6. The maximum Gasteiger partial charge on any atom is 0.410 e. The van der Waals surface area contributed by atoms with E-state index in [0.29, 0.717) is 39.0 Å². The van der Waals surface area contributed by atoms with Crippen molar-refractivity contribution < 1.29 is 38.9 Å². The number of carboxylic acid groups (broad SMARTS) is 2. The summed E-state index contributed by atoms with van der Waals surface area (Å²) in [5.74, 6) is -1.59. The number of rotatable bonds is 4. The van der Waals surface area contributed by atoms with Crippen LogP contribution >= 0.6 is 0 Å². The van der Waals surface area contributed by atoms with Crippen molar-refractivity contribution in [1.82, 2.24) is 9.80 Å². The average Bonchev–Trinajstić information content (AvgIpc) is 2.82. The lowest BCUT2D eigenvalue weighted by Crippen LogP contribution is -2.46. The fraction of sp³-hybridized carbons (Fsp3) is 0.630.